The van der Waals surface area contributed by atoms with E-state index in [0.29, 0.717) is 6.61 Å². The summed E-state index contributed by atoms with van der Waals surface area (Å²) in [6.45, 7) is 4.30. The Bertz CT molecular complexity index is 906. The zero-order valence-corrected chi connectivity index (χ0v) is 15.2. The van der Waals surface area contributed by atoms with Crippen molar-refractivity contribution in [3.63, 3.8) is 0 Å². The van der Waals surface area contributed by atoms with Gasteiger partial charge in [0.25, 0.3) is 0 Å². The Balaban J connectivity index is 1.38. The topological polar surface area (TPSA) is 30.3 Å². The summed E-state index contributed by atoms with van der Waals surface area (Å²) in [5, 5.41) is 4.35. The van der Waals surface area contributed by atoms with E-state index in [1.54, 1.807) is 11.3 Å². The largest absolute Gasteiger partial charge is 0.364 e. The molecule has 1 fully saturated rings. The zero-order chi connectivity index (χ0) is 17.6. The van der Waals surface area contributed by atoms with Crippen LogP contribution in [-0.4, -0.2) is 33.1 Å². The standard InChI is InChI=1S/C20H20FN3OS/c21-17-3-1-16(2-4-17)18-9-22-19-11-25-20(14-24(18)19)6-7-23(13-20)10-15-5-8-26-12-15/h1-5,8-9,12H,6-7,10-11,13-14H2/t20-/m0/s1. The number of rotatable bonds is 3. The predicted octanol–water partition coefficient (Wildman–Crippen LogP) is 3.93. The van der Waals surface area contributed by atoms with E-state index >= 15 is 0 Å². The van der Waals surface area contributed by atoms with Crippen molar-refractivity contribution in [1.29, 1.82) is 0 Å². The molecule has 0 amide bonds. The zero-order valence-electron chi connectivity index (χ0n) is 14.4. The molecular weight excluding hydrogens is 349 g/mol. The lowest BCUT2D eigenvalue weighted by Gasteiger charge is -2.35. The molecule has 1 atom stereocenters. The van der Waals surface area contributed by atoms with Gasteiger partial charge in [0.05, 0.1) is 18.4 Å². The number of hydrogen-bond acceptors (Lipinski definition) is 4. The van der Waals surface area contributed by atoms with E-state index in [9.17, 15) is 4.39 Å². The number of fused-ring (bicyclic) bond motifs is 1. The number of ether oxygens (including phenoxy) is 1. The third-order valence-corrected chi connectivity index (χ3v) is 6.15. The molecule has 1 aromatic carbocycles. The van der Waals surface area contributed by atoms with Crippen molar-refractivity contribution < 1.29 is 9.13 Å². The lowest BCUT2D eigenvalue weighted by Crippen LogP contribution is -2.44. The molecule has 6 heteroatoms. The molecule has 2 aliphatic heterocycles. The van der Waals surface area contributed by atoms with Gasteiger partial charge in [0.1, 0.15) is 23.8 Å². The van der Waals surface area contributed by atoms with Gasteiger partial charge in [-0.15, -0.1) is 0 Å². The fraction of sp³-hybridized carbons (Fsp3) is 0.350. The number of imidazole rings is 1. The van der Waals surface area contributed by atoms with Crippen LogP contribution in [-0.2, 0) is 24.4 Å². The number of nitrogens with zero attached hydrogens (tertiary/aromatic N) is 3. The van der Waals surface area contributed by atoms with Gasteiger partial charge in [0.2, 0.25) is 0 Å². The first-order valence-corrected chi connectivity index (χ1v) is 9.83. The fourth-order valence-corrected chi connectivity index (χ4v) is 4.72. The summed E-state index contributed by atoms with van der Waals surface area (Å²) in [5.41, 5.74) is 3.26. The van der Waals surface area contributed by atoms with Gasteiger partial charge in [0.15, 0.2) is 0 Å². The van der Waals surface area contributed by atoms with Crippen molar-refractivity contribution in [1.82, 2.24) is 14.5 Å². The number of aromatic nitrogens is 2. The molecule has 3 aromatic rings. The minimum Gasteiger partial charge on any atom is -0.364 e. The highest BCUT2D eigenvalue weighted by molar-refractivity contribution is 7.07. The quantitative estimate of drug-likeness (QED) is 0.701. The van der Waals surface area contributed by atoms with Gasteiger partial charge < -0.3 is 9.30 Å². The highest BCUT2D eigenvalue weighted by Gasteiger charge is 2.43. The molecule has 1 spiro atoms. The van der Waals surface area contributed by atoms with E-state index in [4.69, 9.17) is 4.74 Å². The maximum atomic E-state index is 13.3. The van der Waals surface area contributed by atoms with Crippen LogP contribution in [0.5, 0.6) is 0 Å². The lowest BCUT2D eigenvalue weighted by atomic mass is 10.0. The number of benzene rings is 1. The SMILES string of the molecule is Fc1ccc(-c2cnc3n2C[C@@]2(CCN(Cc4ccsc4)C2)OC3)cc1. The summed E-state index contributed by atoms with van der Waals surface area (Å²) in [5.74, 6) is 0.734. The summed E-state index contributed by atoms with van der Waals surface area (Å²) in [6.07, 6.45) is 2.90. The highest BCUT2D eigenvalue weighted by atomic mass is 32.1. The van der Waals surface area contributed by atoms with Crippen molar-refractivity contribution in [2.75, 3.05) is 13.1 Å². The molecule has 0 aliphatic carbocycles. The molecule has 0 saturated carbocycles. The molecule has 0 unspecified atom stereocenters. The van der Waals surface area contributed by atoms with E-state index in [1.165, 1.54) is 17.7 Å². The van der Waals surface area contributed by atoms with Crippen LogP contribution in [0.3, 0.4) is 0 Å². The summed E-state index contributed by atoms with van der Waals surface area (Å²) < 4.78 is 21.8. The molecule has 0 N–H and O–H groups in total. The molecule has 26 heavy (non-hydrogen) atoms. The third kappa shape index (κ3) is 2.88. The van der Waals surface area contributed by atoms with Crippen LogP contribution in [0.4, 0.5) is 4.39 Å². The van der Waals surface area contributed by atoms with Crippen LogP contribution in [0.25, 0.3) is 11.3 Å². The molecule has 1 saturated heterocycles. The van der Waals surface area contributed by atoms with E-state index in [0.717, 1.165) is 49.7 Å². The maximum Gasteiger partial charge on any atom is 0.135 e. The van der Waals surface area contributed by atoms with E-state index in [1.807, 2.05) is 18.3 Å². The molecule has 4 nitrogen and oxygen atoms in total. The Kier molecular flexibility index (Phi) is 3.92. The van der Waals surface area contributed by atoms with E-state index < -0.39 is 0 Å². The molecule has 5 rings (SSSR count). The number of halogens is 1. The average molecular weight is 369 g/mol. The smallest absolute Gasteiger partial charge is 0.135 e. The Morgan fingerprint density at radius 2 is 2.08 bits per heavy atom. The van der Waals surface area contributed by atoms with Crippen molar-refractivity contribution >= 4 is 11.3 Å². The minimum absolute atomic E-state index is 0.154. The number of likely N-dealkylation sites (tertiary alicyclic amines) is 1. The van der Waals surface area contributed by atoms with Gasteiger partial charge in [-0.1, -0.05) is 0 Å². The van der Waals surface area contributed by atoms with Crippen LogP contribution < -0.4 is 0 Å². The normalized spacial score (nSPS) is 22.8. The van der Waals surface area contributed by atoms with Gasteiger partial charge >= 0.3 is 0 Å². The van der Waals surface area contributed by atoms with Crippen LogP contribution in [0.15, 0.2) is 47.3 Å². The Morgan fingerprint density at radius 3 is 2.88 bits per heavy atom. The first-order chi connectivity index (χ1) is 12.7. The van der Waals surface area contributed by atoms with Crippen molar-refractivity contribution in [3.8, 4) is 11.3 Å². The summed E-state index contributed by atoms with van der Waals surface area (Å²) in [4.78, 5) is 7.00. The van der Waals surface area contributed by atoms with Crippen LogP contribution in [0, 0.1) is 5.82 Å². The molecule has 4 heterocycles. The third-order valence-electron chi connectivity index (χ3n) is 5.41. The molecule has 0 radical (unpaired) electrons. The van der Waals surface area contributed by atoms with Gasteiger partial charge in [-0.25, -0.2) is 9.37 Å². The lowest BCUT2D eigenvalue weighted by molar-refractivity contribution is -0.0821. The minimum atomic E-state index is -0.216. The summed E-state index contributed by atoms with van der Waals surface area (Å²) >= 11 is 1.75. The Morgan fingerprint density at radius 1 is 1.19 bits per heavy atom. The van der Waals surface area contributed by atoms with Crippen LogP contribution >= 0.6 is 11.3 Å². The van der Waals surface area contributed by atoms with E-state index in [-0.39, 0.29) is 11.4 Å². The molecular formula is C20H20FN3OS. The number of hydrogen-bond donors (Lipinski definition) is 0. The molecule has 2 aliphatic rings. The van der Waals surface area contributed by atoms with Crippen molar-refractivity contribution in [2.24, 2.45) is 0 Å². The van der Waals surface area contributed by atoms with Crippen molar-refractivity contribution in [2.45, 2.75) is 31.7 Å². The summed E-state index contributed by atoms with van der Waals surface area (Å²) in [7, 11) is 0. The first-order valence-electron chi connectivity index (χ1n) is 8.89. The molecule has 2 aromatic heterocycles. The van der Waals surface area contributed by atoms with Crippen LogP contribution in [0.2, 0.25) is 0 Å². The van der Waals surface area contributed by atoms with Gasteiger partial charge in [-0.05, 0) is 58.6 Å². The van der Waals surface area contributed by atoms with Crippen molar-refractivity contribution in [3.05, 3.63) is 64.5 Å². The highest BCUT2D eigenvalue weighted by Crippen LogP contribution is 2.35. The van der Waals surface area contributed by atoms with Gasteiger partial charge in [-0.3, -0.25) is 4.90 Å². The monoisotopic (exact) mass is 369 g/mol. The summed E-state index contributed by atoms with van der Waals surface area (Å²) in [6, 6.07) is 8.83. The predicted molar refractivity (Wildman–Crippen MR) is 99.4 cm³/mol. The fourth-order valence-electron chi connectivity index (χ4n) is 4.06. The maximum absolute atomic E-state index is 13.3. The second-order valence-electron chi connectivity index (χ2n) is 7.22. The van der Waals surface area contributed by atoms with Gasteiger partial charge in [-0.2, -0.15) is 11.3 Å². The molecule has 134 valence electrons. The van der Waals surface area contributed by atoms with Gasteiger partial charge in [0, 0.05) is 19.6 Å². The van der Waals surface area contributed by atoms with E-state index in [2.05, 4.69) is 31.3 Å². The Labute approximate surface area is 155 Å². The van der Waals surface area contributed by atoms with Crippen LogP contribution in [0.1, 0.15) is 17.8 Å². The molecule has 0 bridgehead atoms. The Hall–Kier alpha value is -2.02. The first kappa shape index (κ1) is 16.2. The second kappa shape index (κ2) is 6.30. The second-order valence-corrected chi connectivity index (χ2v) is 8.00. The number of thiophene rings is 1. The average Bonchev–Trinajstić information content (AvgIpc) is 3.37.